The lowest BCUT2D eigenvalue weighted by Crippen LogP contribution is -2.28. The molecule has 0 saturated heterocycles. The van der Waals surface area contributed by atoms with E-state index in [1.807, 2.05) is 6.92 Å². The number of nitrogen functional groups attached to an aromatic ring is 1. The molecule has 0 aliphatic rings. The number of hydrogen-bond acceptors (Lipinski definition) is 2. The highest BCUT2D eigenvalue weighted by Crippen LogP contribution is 2.13. The van der Waals surface area contributed by atoms with Crippen LogP contribution in [0.15, 0.2) is 18.2 Å². The van der Waals surface area contributed by atoms with Crippen molar-refractivity contribution in [3.8, 4) is 0 Å². The van der Waals surface area contributed by atoms with E-state index >= 15 is 0 Å². The fourth-order valence-corrected chi connectivity index (χ4v) is 1.26. The molecule has 1 amide bonds. The minimum atomic E-state index is -0.532. The topological polar surface area (TPSA) is 46.3 Å². The number of carbonyl (C=O) groups excluding carboxylic acids is 1. The Morgan fingerprint density at radius 2 is 2.20 bits per heavy atom. The molecule has 4 heteroatoms. The molecule has 0 aliphatic carbocycles. The molecule has 2 N–H and O–H groups in total. The summed E-state index contributed by atoms with van der Waals surface area (Å²) in [4.78, 5) is 13.1. The summed E-state index contributed by atoms with van der Waals surface area (Å²) in [6.07, 6.45) is 0. The van der Waals surface area contributed by atoms with E-state index in [2.05, 4.69) is 0 Å². The number of halogens is 1. The summed E-state index contributed by atoms with van der Waals surface area (Å²) in [5.74, 6) is -0.184. The smallest absolute Gasteiger partial charge is 0.253 e. The van der Waals surface area contributed by atoms with Gasteiger partial charge < -0.3 is 10.6 Å². The summed E-state index contributed by atoms with van der Waals surface area (Å²) in [6.45, 7) is 1.42. The fourth-order valence-electron chi connectivity index (χ4n) is 1.26. The van der Waals surface area contributed by atoms with Gasteiger partial charge in [-0.2, -0.15) is 0 Å². The number of hydrogen-bond donors (Lipinski definition) is 1. The molecule has 0 aliphatic heterocycles. The van der Waals surface area contributed by atoms with Crippen LogP contribution in [-0.4, -0.2) is 31.1 Å². The van der Waals surface area contributed by atoms with Gasteiger partial charge in [0, 0.05) is 24.8 Å². The van der Waals surface area contributed by atoms with Crippen molar-refractivity contribution in [2.24, 2.45) is 0 Å². The quantitative estimate of drug-likeness (QED) is 0.770. The van der Waals surface area contributed by atoms with Gasteiger partial charge in [0.05, 0.1) is 0 Å². The molecule has 0 atom stereocenters. The molecule has 0 bridgehead atoms. The van der Waals surface area contributed by atoms with Gasteiger partial charge in [0.25, 0.3) is 5.91 Å². The van der Waals surface area contributed by atoms with E-state index in [0.29, 0.717) is 11.3 Å². The highest BCUT2D eigenvalue weighted by atomic mass is 19.1. The van der Waals surface area contributed by atoms with Gasteiger partial charge in [-0.1, -0.05) is 0 Å². The van der Waals surface area contributed by atoms with Gasteiger partial charge in [0.1, 0.15) is 6.67 Å². The molecule has 82 valence electrons. The first-order chi connectivity index (χ1) is 7.06. The van der Waals surface area contributed by atoms with E-state index < -0.39 is 6.67 Å². The average molecular weight is 210 g/mol. The van der Waals surface area contributed by atoms with Gasteiger partial charge in [-0.25, -0.2) is 4.39 Å². The maximum atomic E-state index is 12.0. The van der Waals surface area contributed by atoms with Crippen LogP contribution >= 0.6 is 0 Å². The third-order valence-corrected chi connectivity index (χ3v) is 2.28. The van der Waals surface area contributed by atoms with Crippen LogP contribution in [0.4, 0.5) is 10.1 Å². The SMILES string of the molecule is Cc1cc(C(=O)N(C)CCF)ccc1N. The van der Waals surface area contributed by atoms with E-state index in [1.165, 1.54) is 4.90 Å². The molecule has 0 saturated carbocycles. The van der Waals surface area contributed by atoms with Crippen molar-refractivity contribution in [1.29, 1.82) is 0 Å². The standard InChI is InChI=1S/C11H15FN2O/c1-8-7-9(3-4-10(8)13)11(15)14(2)6-5-12/h3-4,7H,5-6,13H2,1-2H3. The second kappa shape index (κ2) is 4.77. The van der Waals surface area contributed by atoms with E-state index in [4.69, 9.17) is 5.73 Å². The zero-order valence-corrected chi connectivity index (χ0v) is 8.96. The Morgan fingerprint density at radius 1 is 1.53 bits per heavy atom. The highest BCUT2D eigenvalue weighted by Gasteiger charge is 2.11. The van der Waals surface area contributed by atoms with Crippen LogP contribution < -0.4 is 5.73 Å². The predicted molar refractivity (Wildman–Crippen MR) is 58.5 cm³/mol. The number of anilines is 1. The van der Waals surface area contributed by atoms with Crippen molar-refractivity contribution in [3.63, 3.8) is 0 Å². The van der Waals surface area contributed by atoms with Crippen molar-refractivity contribution < 1.29 is 9.18 Å². The Bertz CT molecular complexity index is 366. The summed E-state index contributed by atoms with van der Waals surface area (Å²) in [6, 6.07) is 5.05. The van der Waals surface area contributed by atoms with Crippen LogP contribution in [0.3, 0.4) is 0 Å². The van der Waals surface area contributed by atoms with Crippen LogP contribution in [0.2, 0.25) is 0 Å². The van der Waals surface area contributed by atoms with E-state index in [-0.39, 0.29) is 12.5 Å². The molecule has 1 aromatic carbocycles. The Labute approximate surface area is 88.7 Å². The number of nitrogens with zero attached hydrogens (tertiary/aromatic N) is 1. The Kier molecular flexibility index (Phi) is 3.66. The molecular weight excluding hydrogens is 195 g/mol. The van der Waals surface area contributed by atoms with Crippen molar-refractivity contribution in [2.45, 2.75) is 6.92 Å². The van der Waals surface area contributed by atoms with Crippen molar-refractivity contribution in [1.82, 2.24) is 4.90 Å². The highest BCUT2D eigenvalue weighted by molar-refractivity contribution is 5.94. The third kappa shape index (κ3) is 2.68. The van der Waals surface area contributed by atoms with E-state index in [9.17, 15) is 9.18 Å². The fraction of sp³-hybridized carbons (Fsp3) is 0.364. The number of carbonyl (C=O) groups is 1. The van der Waals surface area contributed by atoms with Crippen molar-refractivity contribution >= 4 is 11.6 Å². The summed E-state index contributed by atoms with van der Waals surface area (Å²) in [5, 5.41) is 0. The van der Waals surface area contributed by atoms with Crippen LogP contribution in [0.1, 0.15) is 15.9 Å². The van der Waals surface area contributed by atoms with E-state index in [0.717, 1.165) is 5.56 Å². The van der Waals surface area contributed by atoms with Gasteiger partial charge in [0.15, 0.2) is 0 Å². The lowest BCUT2D eigenvalue weighted by atomic mass is 10.1. The Balaban J connectivity index is 2.87. The molecule has 15 heavy (non-hydrogen) atoms. The van der Waals surface area contributed by atoms with Crippen LogP contribution in [0.25, 0.3) is 0 Å². The first-order valence-electron chi connectivity index (χ1n) is 4.74. The molecule has 3 nitrogen and oxygen atoms in total. The Morgan fingerprint density at radius 3 is 2.73 bits per heavy atom. The number of benzene rings is 1. The number of alkyl halides is 1. The Hall–Kier alpha value is -1.58. The number of amides is 1. The maximum Gasteiger partial charge on any atom is 0.253 e. The van der Waals surface area contributed by atoms with E-state index in [1.54, 1.807) is 25.2 Å². The minimum Gasteiger partial charge on any atom is -0.399 e. The largest absolute Gasteiger partial charge is 0.399 e. The molecular formula is C11H15FN2O. The number of aryl methyl sites for hydroxylation is 1. The molecule has 0 heterocycles. The lowest BCUT2D eigenvalue weighted by Gasteiger charge is -2.15. The molecule has 0 spiro atoms. The minimum absolute atomic E-state index is 0.113. The maximum absolute atomic E-state index is 12.0. The molecule has 1 rings (SSSR count). The first kappa shape index (κ1) is 11.5. The molecule has 1 aromatic rings. The second-order valence-corrected chi connectivity index (χ2v) is 3.49. The van der Waals surface area contributed by atoms with Crippen LogP contribution in [-0.2, 0) is 0 Å². The van der Waals surface area contributed by atoms with Crippen LogP contribution in [0, 0.1) is 6.92 Å². The normalized spacial score (nSPS) is 10.1. The van der Waals surface area contributed by atoms with Gasteiger partial charge in [-0.15, -0.1) is 0 Å². The van der Waals surface area contributed by atoms with Crippen molar-refractivity contribution in [2.75, 3.05) is 26.0 Å². The zero-order chi connectivity index (χ0) is 11.4. The number of rotatable bonds is 3. The summed E-state index contributed by atoms with van der Waals surface area (Å²) >= 11 is 0. The average Bonchev–Trinajstić information content (AvgIpc) is 2.21. The van der Waals surface area contributed by atoms with Gasteiger partial charge in [-0.3, -0.25) is 4.79 Å². The molecule has 0 aromatic heterocycles. The van der Waals surface area contributed by atoms with Crippen molar-refractivity contribution in [3.05, 3.63) is 29.3 Å². The summed E-state index contributed by atoms with van der Waals surface area (Å²) < 4.78 is 12.0. The lowest BCUT2D eigenvalue weighted by molar-refractivity contribution is 0.0786. The summed E-state index contributed by atoms with van der Waals surface area (Å²) in [5.41, 5.74) is 7.69. The molecule has 0 radical (unpaired) electrons. The van der Waals surface area contributed by atoms with Crippen LogP contribution in [0.5, 0.6) is 0 Å². The monoisotopic (exact) mass is 210 g/mol. The van der Waals surface area contributed by atoms with Gasteiger partial charge in [0.2, 0.25) is 0 Å². The van der Waals surface area contributed by atoms with Gasteiger partial charge >= 0.3 is 0 Å². The molecule has 0 unspecified atom stereocenters. The first-order valence-corrected chi connectivity index (χ1v) is 4.74. The van der Waals surface area contributed by atoms with Gasteiger partial charge in [-0.05, 0) is 30.7 Å². The number of nitrogens with two attached hydrogens (primary N) is 1. The summed E-state index contributed by atoms with van der Waals surface area (Å²) in [7, 11) is 1.58. The second-order valence-electron chi connectivity index (χ2n) is 3.49. The third-order valence-electron chi connectivity index (χ3n) is 2.28. The zero-order valence-electron chi connectivity index (χ0n) is 8.96. The predicted octanol–water partition coefficient (Wildman–Crippen LogP) is 1.62. The molecule has 0 fully saturated rings.